The van der Waals surface area contributed by atoms with Crippen LogP contribution in [0.25, 0.3) is 0 Å². The number of hydrogen-bond donors (Lipinski definition) is 6. The maximum atomic E-state index is 13.1. The molecular formula is C21H34N6O6. The molecule has 2 rings (SSSR count). The summed E-state index contributed by atoms with van der Waals surface area (Å²) in [7, 11) is 0. The molecule has 0 saturated carbocycles. The van der Waals surface area contributed by atoms with Crippen LogP contribution in [-0.4, -0.2) is 85.6 Å². The second-order valence-electron chi connectivity index (χ2n) is 8.83. The third-order valence-electron chi connectivity index (χ3n) is 5.54. The number of nitrogens with zero attached hydrogens (tertiary/aromatic N) is 2. The van der Waals surface area contributed by atoms with Crippen molar-refractivity contribution in [3.63, 3.8) is 0 Å². The largest absolute Gasteiger partial charge is 0.480 e. The number of rotatable bonds is 11. The number of aliphatic hydroxyl groups excluding tert-OH is 1. The number of carboxylic acids is 1. The first-order valence-electron chi connectivity index (χ1n) is 11.1. The van der Waals surface area contributed by atoms with Crippen molar-refractivity contribution in [3.8, 4) is 0 Å². The van der Waals surface area contributed by atoms with Gasteiger partial charge in [0.15, 0.2) is 0 Å². The molecule has 1 aliphatic rings. The van der Waals surface area contributed by atoms with Crippen LogP contribution in [-0.2, 0) is 25.6 Å². The topological polar surface area (TPSA) is 191 Å². The molecular weight excluding hydrogens is 432 g/mol. The molecule has 1 aromatic rings. The Morgan fingerprint density at radius 2 is 1.94 bits per heavy atom. The minimum Gasteiger partial charge on any atom is -0.480 e. The zero-order valence-corrected chi connectivity index (χ0v) is 19.2. The summed E-state index contributed by atoms with van der Waals surface area (Å²) in [6, 6.07) is -4.30. The molecule has 1 aromatic heterocycles. The van der Waals surface area contributed by atoms with Gasteiger partial charge in [-0.15, -0.1) is 0 Å². The van der Waals surface area contributed by atoms with Crippen LogP contribution < -0.4 is 16.4 Å². The highest BCUT2D eigenvalue weighted by atomic mass is 16.4. The third kappa shape index (κ3) is 7.26. The highest BCUT2D eigenvalue weighted by Gasteiger charge is 2.40. The van der Waals surface area contributed by atoms with Crippen LogP contribution in [0.1, 0.15) is 45.7 Å². The standard InChI is InChI=1S/C21H34N6O6/c1-11(2)7-14(22)18(29)25-15(8-13-9-23-10-24-13)19(30)26-17(12(3)28)20(31)27-6-4-5-16(27)21(32)33/h9-12,14-17,28H,4-8,22H2,1-3H3,(H,23,24)(H,25,29)(H,26,30)(H,32,33). The van der Waals surface area contributed by atoms with E-state index in [1.54, 1.807) is 0 Å². The van der Waals surface area contributed by atoms with E-state index < -0.39 is 54.0 Å². The monoisotopic (exact) mass is 466 g/mol. The Bertz CT molecular complexity index is 827. The maximum absolute atomic E-state index is 13.1. The first-order chi connectivity index (χ1) is 15.5. The summed E-state index contributed by atoms with van der Waals surface area (Å²) in [4.78, 5) is 58.0. The van der Waals surface area contributed by atoms with Gasteiger partial charge in [0.25, 0.3) is 0 Å². The number of likely N-dealkylation sites (tertiary alicyclic amines) is 1. The molecule has 5 atom stereocenters. The average molecular weight is 467 g/mol. The fraction of sp³-hybridized carbons (Fsp3) is 0.667. The Morgan fingerprint density at radius 3 is 2.48 bits per heavy atom. The van der Waals surface area contributed by atoms with Gasteiger partial charge in [-0.05, 0) is 32.1 Å². The van der Waals surface area contributed by atoms with Crippen LogP contribution >= 0.6 is 0 Å². The van der Waals surface area contributed by atoms with Crippen LogP contribution in [0.4, 0.5) is 0 Å². The summed E-state index contributed by atoms with van der Waals surface area (Å²) in [5, 5.41) is 24.7. The van der Waals surface area contributed by atoms with Crippen molar-refractivity contribution in [2.45, 2.75) is 76.7 Å². The van der Waals surface area contributed by atoms with E-state index in [4.69, 9.17) is 5.73 Å². The molecule has 0 bridgehead atoms. The molecule has 1 fully saturated rings. The van der Waals surface area contributed by atoms with Gasteiger partial charge in [-0.25, -0.2) is 9.78 Å². The number of nitrogens with two attached hydrogens (primary N) is 1. The number of amides is 3. The van der Waals surface area contributed by atoms with E-state index in [-0.39, 0.29) is 18.9 Å². The molecule has 33 heavy (non-hydrogen) atoms. The number of carbonyl (C=O) groups is 4. The van der Waals surface area contributed by atoms with E-state index in [1.807, 2.05) is 13.8 Å². The lowest BCUT2D eigenvalue weighted by Crippen LogP contribution is -2.60. The van der Waals surface area contributed by atoms with Crippen LogP contribution in [0, 0.1) is 5.92 Å². The summed E-state index contributed by atoms with van der Waals surface area (Å²) in [5.41, 5.74) is 6.51. The zero-order chi connectivity index (χ0) is 24.7. The van der Waals surface area contributed by atoms with Crippen molar-refractivity contribution in [1.82, 2.24) is 25.5 Å². The van der Waals surface area contributed by atoms with Crippen molar-refractivity contribution in [3.05, 3.63) is 18.2 Å². The maximum Gasteiger partial charge on any atom is 0.326 e. The molecule has 5 unspecified atom stereocenters. The van der Waals surface area contributed by atoms with Gasteiger partial charge in [-0.1, -0.05) is 13.8 Å². The molecule has 12 nitrogen and oxygen atoms in total. The Labute approximate surface area is 192 Å². The number of imidazole rings is 1. The first kappa shape index (κ1) is 26.3. The van der Waals surface area contributed by atoms with Gasteiger partial charge >= 0.3 is 5.97 Å². The van der Waals surface area contributed by atoms with E-state index in [0.717, 1.165) is 4.90 Å². The number of carboxylic acid groups (broad SMARTS) is 1. The Balaban J connectivity index is 2.17. The molecule has 0 radical (unpaired) electrons. The van der Waals surface area contributed by atoms with Crippen molar-refractivity contribution >= 4 is 23.7 Å². The van der Waals surface area contributed by atoms with Gasteiger partial charge in [-0.3, -0.25) is 14.4 Å². The van der Waals surface area contributed by atoms with Crippen molar-refractivity contribution in [2.75, 3.05) is 6.54 Å². The number of aromatic nitrogens is 2. The van der Waals surface area contributed by atoms with Gasteiger partial charge in [0.1, 0.15) is 18.1 Å². The molecule has 0 aliphatic carbocycles. The molecule has 3 amide bonds. The quantitative estimate of drug-likeness (QED) is 0.233. The van der Waals surface area contributed by atoms with Crippen molar-refractivity contribution < 1.29 is 29.4 Å². The number of aromatic amines is 1. The van der Waals surface area contributed by atoms with Crippen LogP contribution in [0.15, 0.2) is 12.5 Å². The fourth-order valence-corrected chi connectivity index (χ4v) is 3.83. The normalized spacial score (nSPS) is 19.6. The average Bonchev–Trinajstić information content (AvgIpc) is 3.41. The lowest BCUT2D eigenvalue weighted by Gasteiger charge is -2.30. The SMILES string of the molecule is CC(C)CC(N)C(=O)NC(Cc1cnc[nH]1)C(=O)NC(C(=O)N1CCCC1C(=O)O)C(C)O. The third-order valence-corrected chi connectivity index (χ3v) is 5.54. The summed E-state index contributed by atoms with van der Waals surface area (Å²) < 4.78 is 0. The van der Waals surface area contributed by atoms with Gasteiger partial charge < -0.3 is 36.5 Å². The van der Waals surface area contributed by atoms with Crippen LogP contribution in [0.3, 0.4) is 0 Å². The second kappa shape index (κ2) is 11.8. The van der Waals surface area contributed by atoms with Gasteiger partial charge in [0.05, 0.1) is 18.5 Å². The number of aliphatic hydroxyl groups is 1. The highest BCUT2D eigenvalue weighted by molar-refractivity contribution is 5.94. The van der Waals surface area contributed by atoms with E-state index in [2.05, 4.69) is 20.6 Å². The molecule has 1 saturated heterocycles. The molecule has 1 aliphatic heterocycles. The summed E-state index contributed by atoms with van der Waals surface area (Å²) in [6.45, 7) is 5.38. The lowest BCUT2D eigenvalue weighted by molar-refractivity contribution is -0.150. The van der Waals surface area contributed by atoms with E-state index in [0.29, 0.717) is 25.0 Å². The molecule has 184 valence electrons. The Morgan fingerprint density at radius 1 is 1.24 bits per heavy atom. The van der Waals surface area contributed by atoms with Gasteiger partial charge in [0.2, 0.25) is 17.7 Å². The van der Waals surface area contributed by atoms with E-state index in [1.165, 1.54) is 19.4 Å². The van der Waals surface area contributed by atoms with Crippen LogP contribution in [0.2, 0.25) is 0 Å². The second-order valence-corrected chi connectivity index (χ2v) is 8.83. The van der Waals surface area contributed by atoms with E-state index in [9.17, 15) is 29.4 Å². The Kier molecular flexibility index (Phi) is 9.35. The number of carbonyl (C=O) groups excluding carboxylic acids is 3. The molecule has 7 N–H and O–H groups in total. The number of aliphatic carboxylic acids is 1. The number of nitrogens with one attached hydrogen (secondary N) is 3. The van der Waals surface area contributed by atoms with Gasteiger partial charge in [0, 0.05) is 24.9 Å². The van der Waals surface area contributed by atoms with Crippen molar-refractivity contribution in [2.24, 2.45) is 11.7 Å². The minimum absolute atomic E-state index is 0.0498. The first-order valence-corrected chi connectivity index (χ1v) is 11.1. The predicted octanol–water partition coefficient (Wildman–Crippen LogP) is -1.25. The predicted molar refractivity (Wildman–Crippen MR) is 118 cm³/mol. The van der Waals surface area contributed by atoms with Crippen LogP contribution in [0.5, 0.6) is 0 Å². The summed E-state index contributed by atoms with van der Waals surface area (Å²) in [6.07, 6.45) is 2.92. The zero-order valence-electron chi connectivity index (χ0n) is 19.2. The van der Waals surface area contributed by atoms with E-state index >= 15 is 0 Å². The highest BCUT2D eigenvalue weighted by Crippen LogP contribution is 2.19. The lowest BCUT2D eigenvalue weighted by atomic mass is 10.0. The summed E-state index contributed by atoms with van der Waals surface area (Å²) >= 11 is 0. The smallest absolute Gasteiger partial charge is 0.326 e. The summed E-state index contributed by atoms with van der Waals surface area (Å²) in [5.74, 6) is -2.88. The molecule has 12 heteroatoms. The minimum atomic E-state index is -1.37. The fourth-order valence-electron chi connectivity index (χ4n) is 3.83. The molecule has 0 spiro atoms. The molecule has 2 heterocycles. The molecule has 0 aromatic carbocycles. The number of H-pyrrole nitrogens is 1. The number of hydrogen-bond acceptors (Lipinski definition) is 7. The van der Waals surface area contributed by atoms with Gasteiger partial charge in [-0.2, -0.15) is 0 Å². The van der Waals surface area contributed by atoms with Crippen molar-refractivity contribution in [1.29, 1.82) is 0 Å². The Hall–Kier alpha value is -2.99.